The topological polar surface area (TPSA) is 132 Å². The number of rotatable bonds is 7. The number of methoxy groups -OCH3 is 1. The highest BCUT2D eigenvalue weighted by atomic mass is 16.6. The fourth-order valence-corrected chi connectivity index (χ4v) is 2.76. The summed E-state index contributed by atoms with van der Waals surface area (Å²) in [7, 11) is 1.52. The molecule has 0 spiro atoms. The van der Waals surface area contributed by atoms with Gasteiger partial charge in [0.15, 0.2) is 17.1 Å². The van der Waals surface area contributed by atoms with Crippen molar-refractivity contribution in [2.24, 2.45) is 0 Å². The zero-order chi connectivity index (χ0) is 20.5. The van der Waals surface area contributed by atoms with Crippen LogP contribution in [0.3, 0.4) is 0 Å². The molecule has 1 aliphatic rings. The van der Waals surface area contributed by atoms with E-state index in [1.54, 1.807) is 31.2 Å². The van der Waals surface area contributed by atoms with Gasteiger partial charge in [0.1, 0.15) is 24.2 Å². The van der Waals surface area contributed by atoms with Crippen LogP contribution < -0.4 is 14.2 Å². The van der Waals surface area contributed by atoms with Crippen molar-refractivity contribution in [1.82, 2.24) is 35.2 Å². The molecule has 0 aliphatic carbocycles. The molecule has 30 heavy (non-hydrogen) atoms. The van der Waals surface area contributed by atoms with Crippen LogP contribution in [0.25, 0.3) is 17.2 Å². The van der Waals surface area contributed by atoms with Crippen molar-refractivity contribution in [2.75, 3.05) is 20.3 Å². The molecule has 4 aromatic rings. The molecule has 0 saturated carbocycles. The van der Waals surface area contributed by atoms with Gasteiger partial charge in [-0.25, -0.2) is 0 Å². The van der Waals surface area contributed by atoms with E-state index in [1.165, 1.54) is 11.6 Å². The monoisotopic (exact) mass is 411 g/mol. The number of hydrogen-bond acceptors (Lipinski definition) is 11. The first-order valence-corrected chi connectivity index (χ1v) is 9.13. The third kappa shape index (κ3) is 3.48. The lowest BCUT2D eigenvalue weighted by Crippen LogP contribution is -2.38. The smallest absolute Gasteiger partial charge is 0.275 e. The Labute approximate surface area is 169 Å². The Morgan fingerprint density at radius 2 is 2.03 bits per heavy atom. The van der Waals surface area contributed by atoms with Crippen LogP contribution >= 0.6 is 0 Å². The minimum atomic E-state index is 0.0353. The van der Waals surface area contributed by atoms with E-state index in [-0.39, 0.29) is 18.6 Å². The third-order valence-electron chi connectivity index (χ3n) is 4.35. The average Bonchev–Trinajstić information content (AvgIpc) is 3.34. The molecule has 5 heterocycles. The predicted octanol–water partition coefficient (Wildman–Crippen LogP) is 1.24. The predicted molar refractivity (Wildman–Crippen MR) is 99.2 cm³/mol. The number of aromatic nitrogens is 7. The highest BCUT2D eigenvalue weighted by Gasteiger charge is 2.21. The van der Waals surface area contributed by atoms with Gasteiger partial charge in [-0.1, -0.05) is 5.16 Å². The Hall–Kier alpha value is -3.80. The summed E-state index contributed by atoms with van der Waals surface area (Å²) < 4.78 is 28.5. The van der Waals surface area contributed by atoms with Crippen molar-refractivity contribution >= 4 is 5.65 Å². The Kier molecular flexibility index (Phi) is 4.59. The van der Waals surface area contributed by atoms with Crippen LogP contribution in [-0.2, 0) is 11.3 Å². The Bertz CT molecular complexity index is 1170. The molecular weight excluding hydrogens is 394 g/mol. The second-order valence-electron chi connectivity index (χ2n) is 6.56. The van der Waals surface area contributed by atoms with E-state index in [2.05, 4.69) is 30.7 Å². The van der Waals surface area contributed by atoms with Gasteiger partial charge in [-0.2, -0.15) is 4.52 Å². The van der Waals surface area contributed by atoms with Crippen LogP contribution in [0, 0.1) is 6.92 Å². The second kappa shape index (κ2) is 7.55. The lowest BCUT2D eigenvalue weighted by Gasteiger charge is -2.25. The van der Waals surface area contributed by atoms with Crippen molar-refractivity contribution in [1.29, 1.82) is 0 Å². The van der Waals surface area contributed by atoms with Gasteiger partial charge in [0.25, 0.3) is 5.88 Å². The van der Waals surface area contributed by atoms with Crippen LogP contribution in [0.4, 0.5) is 0 Å². The van der Waals surface area contributed by atoms with E-state index >= 15 is 0 Å². The number of fused-ring (bicyclic) bond motifs is 1. The second-order valence-corrected chi connectivity index (χ2v) is 6.56. The van der Waals surface area contributed by atoms with E-state index in [0.717, 1.165) is 0 Å². The van der Waals surface area contributed by atoms with E-state index < -0.39 is 0 Å². The van der Waals surface area contributed by atoms with E-state index in [4.69, 9.17) is 23.5 Å². The van der Waals surface area contributed by atoms with Crippen LogP contribution in [0.2, 0.25) is 0 Å². The maximum Gasteiger partial charge on any atom is 0.275 e. The molecule has 0 radical (unpaired) electrons. The summed E-state index contributed by atoms with van der Waals surface area (Å²) in [4.78, 5) is 0. The highest BCUT2D eigenvalue weighted by Crippen LogP contribution is 2.28. The van der Waals surface area contributed by atoms with Gasteiger partial charge in [0.2, 0.25) is 11.7 Å². The van der Waals surface area contributed by atoms with Crippen molar-refractivity contribution in [3.05, 3.63) is 35.7 Å². The first-order valence-electron chi connectivity index (χ1n) is 9.13. The zero-order valence-electron chi connectivity index (χ0n) is 16.2. The summed E-state index contributed by atoms with van der Waals surface area (Å²) >= 11 is 0. The summed E-state index contributed by atoms with van der Waals surface area (Å²) in [5, 5.41) is 24.8. The van der Waals surface area contributed by atoms with Gasteiger partial charge in [0, 0.05) is 18.2 Å². The first-order chi connectivity index (χ1) is 14.7. The molecule has 4 aromatic heterocycles. The molecule has 1 aliphatic heterocycles. The van der Waals surface area contributed by atoms with Gasteiger partial charge in [0.05, 0.1) is 20.3 Å². The van der Waals surface area contributed by atoms with Crippen LogP contribution in [0.15, 0.2) is 28.8 Å². The molecule has 5 rings (SSSR count). The fourth-order valence-electron chi connectivity index (χ4n) is 2.76. The molecule has 0 unspecified atom stereocenters. The number of aryl methyl sites for hydroxylation is 1. The molecular formula is C18H17N7O5. The number of hydrogen-bond donors (Lipinski definition) is 0. The van der Waals surface area contributed by atoms with Crippen molar-refractivity contribution in [3.63, 3.8) is 0 Å². The van der Waals surface area contributed by atoms with E-state index in [9.17, 15) is 0 Å². The number of nitrogens with zero attached hydrogens (tertiary/aromatic N) is 7. The fraction of sp³-hybridized carbons (Fsp3) is 0.333. The lowest BCUT2D eigenvalue weighted by atomic mass is 10.3. The maximum atomic E-state index is 5.82. The molecule has 1 saturated heterocycles. The standard InChI is InChI=1S/C18H17N7O5/c1-10-5-13(24-30-10)17-22-20-15-6-14(26-2)18(23-25(15)17)28-7-11-3-4-16(21-19-11)29-12-8-27-9-12/h3-6,12H,7-9H2,1-2H3. The molecule has 154 valence electrons. The summed E-state index contributed by atoms with van der Waals surface area (Å²) in [5.41, 5.74) is 1.60. The molecule has 0 aromatic carbocycles. The van der Waals surface area contributed by atoms with Crippen LogP contribution in [0.1, 0.15) is 11.5 Å². The quantitative estimate of drug-likeness (QED) is 0.435. The van der Waals surface area contributed by atoms with Gasteiger partial charge in [-0.3, -0.25) is 0 Å². The first kappa shape index (κ1) is 18.2. The van der Waals surface area contributed by atoms with Crippen LogP contribution in [0.5, 0.6) is 17.5 Å². The summed E-state index contributed by atoms with van der Waals surface area (Å²) in [5.74, 6) is 2.19. The number of ether oxygens (including phenoxy) is 4. The zero-order valence-corrected chi connectivity index (χ0v) is 16.2. The highest BCUT2D eigenvalue weighted by molar-refractivity contribution is 5.56. The molecule has 0 amide bonds. The maximum absolute atomic E-state index is 5.82. The van der Waals surface area contributed by atoms with Gasteiger partial charge in [-0.15, -0.1) is 25.5 Å². The minimum Gasteiger partial charge on any atom is -0.491 e. The molecule has 1 fully saturated rings. The largest absolute Gasteiger partial charge is 0.491 e. The average molecular weight is 411 g/mol. The van der Waals surface area contributed by atoms with Crippen molar-refractivity contribution < 1.29 is 23.5 Å². The normalized spacial score (nSPS) is 13.9. The Balaban J connectivity index is 1.36. The van der Waals surface area contributed by atoms with Crippen molar-refractivity contribution in [2.45, 2.75) is 19.6 Å². The van der Waals surface area contributed by atoms with E-state index in [0.29, 0.717) is 53.5 Å². The van der Waals surface area contributed by atoms with Gasteiger partial charge < -0.3 is 23.5 Å². The van der Waals surface area contributed by atoms with Gasteiger partial charge >= 0.3 is 0 Å². The Morgan fingerprint density at radius 1 is 1.13 bits per heavy atom. The van der Waals surface area contributed by atoms with E-state index in [1.807, 2.05) is 0 Å². The van der Waals surface area contributed by atoms with Crippen molar-refractivity contribution in [3.8, 4) is 29.0 Å². The molecule has 12 heteroatoms. The van der Waals surface area contributed by atoms with Gasteiger partial charge in [-0.05, 0) is 13.0 Å². The summed E-state index contributed by atoms with van der Waals surface area (Å²) in [6.07, 6.45) is 0.0353. The molecule has 0 atom stereocenters. The Morgan fingerprint density at radius 3 is 2.70 bits per heavy atom. The SMILES string of the molecule is COc1cc2nnc(-c3cc(C)on3)n2nc1OCc1ccc(OC2COC2)nn1. The summed E-state index contributed by atoms with van der Waals surface area (Å²) in [6, 6.07) is 6.94. The molecule has 12 nitrogen and oxygen atoms in total. The summed E-state index contributed by atoms with van der Waals surface area (Å²) in [6.45, 7) is 3.07. The lowest BCUT2D eigenvalue weighted by molar-refractivity contribution is -0.0816. The third-order valence-corrected chi connectivity index (χ3v) is 4.35. The van der Waals surface area contributed by atoms with Crippen LogP contribution in [-0.4, -0.2) is 61.6 Å². The molecule has 0 N–H and O–H groups in total. The molecule has 0 bridgehead atoms. The minimum absolute atomic E-state index is 0.0353.